The molecule has 1 unspecified atom stereocenters. The van der Waals surface area contributed by atoms with Crippen molar-refractivity contribution in [2.24, 2.45) is 4.99 Å². The quantitative estimate of drug-likeness (QED) is 0.215. The van der Waals surface area contributed by atoms with Crippen molar-refractivity contribution in [3.8, 4) is 16.9 Å². The lowest BCUT2D eigenvalue weighted by Crippen LogP contribution is -2.27. The van der Waals surface area contributed by atoms with Gasteiger partial charge in [-0.2, -0.15) is 0 Å². The molecule has 1 aliphatic heterocycles. The number of rotatable bonds is 3. The highest BCUT2D eigenvalue weighted by Crippen LogP contribution is 2.41. The van der Waals surface area contributed by atoms with Gasteiger partial charge in [0.15, 0.2) is 0 Å². The number of hydrogen-bond acceptors (Lipinski definition) is 3. The molecule has 0 spiro atoms. The summed E-state index contributed by atoms with van der Waals surface area (Å²) in [5.41, 5.74) is 9.95. The van der Waals surface area contributed by atoms with E-state index in [4.69, 9.17) is 4.99 Å². The molecule has 0 radical (unpaired) electrons. The number of anilines is 1. The maximum atomic E-state index is 5.54. The Bertz CT molecular complexity index is 2680. The van der Waals surface area contributed by atoms with Crippen molar-refractivity contribution in [2.45, 2.75) is 6.04 Å². The molecule has 0 fully saturated rings. The number of aromatic nitrogens is 3. The first-order valence-electron chi connectivity index (χ1n) is 16.3. The Labute approximate surface area is 277 Å². The maximum Gasteiger partial charge on any atom is 0.208 e. The van der Waals surface area contributed by atoms with Gasteiger partial charge in [0.25, 0.3) is 0 Å². The van der Waals surface area contributed by atoms with Gasteiger partial charge in [0.05, 0.1) is 22.2 Å². The second-order valence-corrected chi connectivity index (χ2v) is 12.3. The topological polar surface area (TPSA) is 47.1 Å². The van der Waals surface area contributed by atoms with Crippen LogP contribution in [0, 0.1) is 0 Å². The minimum Gasteiger partial charge on any atom is -0.325 e. The lowest BCUT2D eigenvalue weighted by atomic mass is 9.95. The summed E-state index contributed by atoms with van der Waals surface area (Å²) in [6.45, 7) is 0. The average Bonchev–Trinajstić information content (AvgIpc) is 3.75. The number of nitrogens with one attached hydrogen (secondary N) is 1. The zero-order chi connectivity index (χ0) is 31.6. The highest BCUT2D eigenvalue weighted by atomic mass is 15.2. The van der Waals surface area contributed by atoms with Crippen LogP contribution in [0.4, 0.5) is 5.69 Å². The third-order valence-electron chi connectivity index (χ3n) is 9.67. The van der Waals surface area contributed by atoms with Crippen molar-refractivity contribution in [1.82, 2.24) is 14.1 Å². The van der Waals surface area contributed by atoms with Gasteiger partial charge in [-0.15, -0.1) is 0 Å². The largest absolute Gasteiger partial charge is 0.325 e. The minimum atomic E-state index is -0.184. The van der Waals surface area contributed by atoms with Gasteiger partial charge < -0.3 is 9.88 Å². The van der Waals surface area contributed by atoms with E-state index in [9.17, 15) is 0 Å². The summed E-state index contributed by atoms with van der Waals surface area (Å²) in [6.07, 6.45) is 4.01. The lowest BCUT2D eigenvalue weighted by Gasteiger charge is -2.27. The van der Waals surface area contributed by atoms with Gasteiger partial charge in [0, 0.05) is 51.1 Å². The van der Waals surface area contributed by atoms with E-state index in [-0.39, 0.29) is 6.04 Å². The second kappa shape index (κ2) is 10.5. The predicted octanol–water partition coefficient (Wildman–Crippen LogP) is 10.4. The molecule has 5 nitrogen and oxygen atoms in total. The molecule has 0 aliphatic carbocycles. The van der Waals surface area contributed by atoms with Crippen molar-refractivity contribution in [1.29, 1.82) is 0 Å². The first kappa shape index (κ1) is 26.7. The SMILES string of the molecule is c1ccc(-n2ccc3c2ccc2c4c5ccccc5ccc4n(C4=NC(c5ccc(-c6ccccn6)cc5)c5ccccc5N4)c23)cc1. The molecule has 6 aromatic carbocycles. The molecule has 4 heterocycles. The third kappa shape index (κ3) is 4.04. The monoisotopic (exact) mass is 615 g/mol. The first-order chi connectivity index (χ1) is 23.8. The Balaban J connectivity index is 1.24. The summed E-state index contributed by atoms with van der Waals surface area (Å²) >= 11 is 0. The van der Waals surface area contributed by atoms with Gasteiger partial charge in [0.2, 0.25) is 5.96 Å². The summed E-state index contributed by atoms with van der Waals surface area (Å²) < 4.78 is 4.62. The Morgan fingerprint density at radius 1 is 0.583 bits per heavy atom. The van der Waals surface area contributed by atoms with E-state index >= 15 is 0 Å². The van der Waals surface area contributed by atoms with Crippen LogP contribution in [0.3, 0.4) is 0 Å². The van der Waals surface area contributed by atoms with Gasteiger partial charge in [-0.1, -0.05) is 103 Å². The zero-order valence-corrected chi connectivity index (χ0v) is 26.0. The van der Waals surface area contributed by atoms with Crippen LogP contribution in [0.5, 0.6) is 0 Å². The third-order valence-corrected chi connectivity index (χ3v) is 9.67. The van der Waals surface area contributed by atoms with Gasteiger partial charge in [-0.25, -0.2) is 4.99 Å². The van der Waals surface area contributed by atoms with Gasteiger partial charge >= 0.3 is 0 Å². The van der Waals surface area contributed by atoms with Crippen molar-refractivity contribution in [3.05, 3.63) is 175 Å². The number of benzene rings is 6. The fraction of sp³-hybridized carbons (Fsp3) is 0.0233. The molecular formula is C43H29N5. The normalized spacial score (nSPS) is 14.3. The number of para-hydroxylation sites is 2. The van der Waals surface area contributed by atoms with Crippen molar-refractivity contribution < 1.29 is 0 Å². The summed E-state index contributed by atoms with van der Waals surface area (Å²) in [5.74, 6) is 0.808. The molecule has 226 valence electrons. The van der Waals surface area contributed by atoms with Crippen LogP contribution < -0.4 is 5.32 Å². The van der Waals surface area contributed by atoms with E-state index in [2.05, 4.69) is 159 Å². The van der Waals surface area contributed by atoms with Gasteiger partial charge in [-0.05, 0) is 64.9 Å². The maximum absolute atomic E-state index is 5.54. The summed E-state index contributed by atoms with van der Waals surface area (Å²) in [5, 5.41) is 9.84. The van der Waals surface area contributed by atoms with Crippen molar-refractivity contribution >= 4 is 55.1 Å². The van der Waals surface area contributed by atoms with Crippen LogP contribution >= 0.6 is 0 Å². The zero-order valence-electron chi connectivity index (χ0n) is 26.0. The molecule has 1 N–H and O–H groups in total. The molecule has 0 saturated heterocycles. The summed E-state index contributed by atoms with van der Waals surface area (Å²) in [6, 6.07) is 53.5. The van der Waals surface area contributed by atoms with E-state index in [0.29, 0.717) is 0 Å². The Morgan fingerprint density at radius 3 is 2.25 bits per heavy atom. The van der Waals surface area contributed by atoms with Crippen molar-refractivity contribution in [2.75, 3.05) is 5.32 Å². The van der Waals surface area contributed by atoms with E-state index in [1.54, 1.807) is 0 Å². The number of hydrogen-bond donors (Lipinski definition) is 1. The average molecular weight is 616 g/mol. The van der Waals surface area contributed by atoms with Crippen LogP contribution in [-0.2, 0) is 0 Å². The predicted molar refractivity (Wildman–Crippen MR) is 198 cm³/mol. The molecule has 5 heteroatoms. The fourth-order valence-electron chi connectivity index (χ4n) is 7.46. The van der Waals surface area contributed by atoms with Crippen LogP contribution in [0.2, 0.25) is 0 Å². The molecule has 10 rings (SSSR count). The number of pyridine rings is 1. The minimum absolute atomic E-state index is 0.184. The lowest BCUT2D eigenvalue weighted by molar-refractivity contribution is 0.852. The van der Waals surface area contributed by atoms with Gasteiger partial charge in [0.1, 0.15) is 6.04 Å². The fourth-order valence-corrected chi connectivity index (χ4v) is 7.46. The molecule has 9 aromatic rings. The van der Waals surface area contributed by atoms with Crippen LogP contribution in [-0.4, -0.2) is 20.1 Å². The van der Waals surface area contributed by atoms with E-state index < -0.39 is 0 Å². The second-order valence-electron chi connectivity index (χ2n) is 12.3. The van der Waals surface area contributed by atoms with Gasteiger partial charge in [-0.3, -0.25) is 9.55 Å². The molecule has 0 bridgehead atoms. The molecule has 48 heavy (non-hydrogen) atoms. The number of nitrogens with zero attached hydrogens (tertiary/aromatic N) is 4. The standard InChI is InChI=1S/C43H29N5/c1-2-11-31(12-3-1)47-27-25-34-38(47)24-22-35-40-32-13-5-4-10-28(32)21-23-39(40)48(42(34)35)43-45-37-16-7-6-14-33(37)41(46-43)30-19-17-29(18-20-30)36-15-8-9-26-44-36/h1-27,41H,(H,45,46). The Hall–Kier alpha value is -6.46. The Kier molecular flexibility index (Phi) is 5.87. The van der Waals surface area contributed by atoms with Crippen LogP contribution in [0.1, 0.15) is 17.2 Å². The van der Waals surface area contributed by atoms with E-state index in [1.165, 1.54) is 26.9 Å². The molecule has 3 aromatic heterocycles. The highest BCUT2D eigenvalue weighted by molar-refractivity contribution is 6.28. The number of fused-ring (bicyclic) bond motifs is 8. The van der Waals surface area contributed by atoms with Crippen LogP contribution in [0.15, 0.2) is 169 Å². The Morgan fingerprint density at radius 2 is 1.38 bits per heavy atom. The smallest absolute Gasteiger partial charge is 0.208 e. The highest BCUT2D eigenvalue weighted by Gasteiger charge is 2.27. The van der Waals surface area contributed by atoms with Crippen molar-refractivity contribution in [3.63, 3.8) is 0 Å². The van der Waals surface area contributed by atoms with E-state index in [1.807, 2.05) is 24.4 Å². The molecular weight excluding hydrogens is 587 g/mol. The van der Waals surface area contributed by atoms with E-state index in [0.717, 1.165) is 56.3 Å². The summed E-state index contributed by atoms with van der Waals surface area (Å²) in [7, 11) is 0. The first-order valence-corrected chi connectivity index (χ1v) is 16.3. The summed E-state index contributed by atoms with van der Waals surface area (Å²) in [4.78, 5) is 10.1. The molecule has 1 aliphatic rings. The molecule has 0 amide bonds. The van der Waals surface area contributed by atoms with Crippen LogP contribution in [0.25, 0.3) is 60.4 Å². The molecule has 1 atom stereocenters. The number of aliphatic imine (C=N–C) groups is 1. The molecule has 0 saturated carbocycles.